The van der Waals surface area contributed by atoms with E-state index in [0.29, 0.717) is 6.42 Å². The quantitative estimate of drug-likeness (QED) is 0.275. The molecule has 2 aliphatic rings. The largest absolute Gasteiger partial charge is 0.363 e. The molecular weight excluding hydrogens is 497 g/mol. The molecule has 0 aromatic heterocycles. The summed E-state index contributed by atoms with van der Waals surface area (Å²) < 4.78 is -1.19. The molecular formula is C23H37Cl2N5O5. The van der Waals surface area contributed by atoms with Gasteiger partial charge in [-0.1, -0.05) is 34.1 Å². The molecule has 1 aliphatic heterocycles. The summed E-state index contributed by atoms with van der Waals surface area (Å²) in [5.41, 5.74) is 3.92. The van der Waals surface area contributed by atoms with Crippen LogP contribution < -0.4 is 21.7 Å². The molecule has 2 unspecified atom stereocenters. The first-order valence-electron chi connectivity index (χ1n) is 11.7. The van der Waals surface area contributed by atoms with E-state index < -0.39 is 68.9 Å². The number of nitrogens with two attached hydrogens (primary N) is 1. The summed E-state index contributed by atoms with van der Waals surface area (Å²) in [6.45, 7) is 12.8. The van der Waals surface area contributed by atoms with Crippen LogP contribution in [0.15, 0.2) is 0 Å². The zero-order valence-electron chi connectivity index (χ0n) is 21.3. The number of urea groups is 1. The van der Waals surface area contributed by atoms with E-state index in [0.717, 1.165) is 0 Å². The maximum atomic E-state index is 13.7. The number of hydrogen-bond donors (Lipinski definition) is 4. The smallest absolute Gasteiger partial charge is 0.315 e. The zero-order valence-corrected chi connectivity index (χ0v) is 22.8. The van der Waals surface area contributed by atoms with Gasteiger partial charge >= 0.3 is 6.03 Å². The Morgan fingerprint density at radius 2 is 1.63 bits per heavy atom. The lowest BCUT2D eigenvalue weighted by atomic mass is 9.85. The number of nitrogens with zero attached hydrogens (tertiary/aromatic N) is 1. The van der Waals surface area contributed by atoms with Crippen LogP contribution >= 0.6 is 23.2 Å². The molecule has 12 heteroatoms. The number of Topliss-reactive ketones (excluding diaryl/α,β-unsaturated/α-hetero) is 1. The fraction of sp³-hybridized carbons (Fsp3) is 0.783. The molecule has 5 N–H and O–H groups in total. The average molecular weight is 534 g/mol. The van der Waals surface area contributed by atoms with E-state index >= 15 is 0 Å². The third kappa shape index (κ3) is 6.58. The number of rotatable bonds is 8. The lowest BCUT2D eigenvalue weighted by Gasteiger charge is -2.38. The van der Waals surface area contributed by atoms with Crippen LogP contribution in [0.3, 0.4) is 0 Å². The van der Waals surface area contributed by atoms with Crippen LogP contribution in [0.4, 0.5) is 4.79 Å². The predicted molar refractivity (Wildman–Crippen MR) is 133 cm³/mol. The fourth-order valence-electron chi connectivity index (χ4n) is 4.44. The van der Waals surface area contributed by atoms with Crippen molar-refractivity contribution < 1.29 is 24.0 Å². The summed E-state index contributed by atoms with van der Waals surface area (Å²) in [4.78, 5) is 64.7. The number of ketones is 1. The Hall–Kier alpha value is -2.07. The van der Waals surface area contributed by atoms with Gasteiger partial charge in [-0.25, -0.2) is 4.79 Å². The third-order valence-electron chi connectivity index (χ3n) is 6.21. The topological polar surface area (TPSA) is 151 Å². The van der Waals surface area contributed by atoms with Crippen molar-refractivity contribution >= 4 is 52.7 Å². The van der Waals surface area contributed by atoms with Gasteiger partial charge in [0.25, 0.3) is 5.91 Å². The Balaban J connectivity index is 2.31. The number of hydrogen-bond acceptors (Lipinski definition) is 5. The molecule has 5 amide bonds. The van der Waals surface area contributed by atoms with Gasteiger partial charge in [0.1, 0.15) is 16.4 Å². The Morgan fingerprint density at radius 3 is 2.09 bits per heavy atom. The van der Waals surface area contributed by atoms with Gasteiger partial charge in [0.05, 0.1) is 6.04 Å². The van der Waals surface area contributed by atoms with Crippen molar-refractivity contribution in [2.45, 2.75) is 89.3 Å². The van der Waals surface area contributed by atoms with Gasteiger partial charge in [-0.05, 0) is 32.6 Å². The number of fused-ring (bicyclic) bond motifs is 1. The summed E-state index contributed by atoms with van der Waals surface area (Å²) >= 11 is 12.8. The van der Waals surface area contributed by atoms with E-state index in [2.05, 4.69) is 16.0 Å². The average Bonchev–Trinajstić information content (AvgIpc) is 3.03. The SMILES string of the molecule is CCCC(NC(=O)[C@@H]1[C@@H]2C(CN1C(=O)[C@@H](NC(=O)NC(C)(C)C)C(C)(C)C)C2(Cl)Cl)C(=O)C(N)=O. The highest BCUT2D eigenvalue weighted by Crippen LogP contribution is 2.65. The standard InChI is InChI=1S/C23H37Cl2N5O5/c1-8-9-12(15(31)17(26)32)27-18(33)14-13-11(23(13,24)25)10-30(14)19(34)16(21(2,3)4)28-20(35)29-22(5,6)7/h11-14,16H,8-10H2,1-7H3,(H2,26,32)(H,27,33)(H2,28,29,35)/t11?,12?,13-,14-,16+/m0/s1. The number of halogens is 2. The normalized spacial score (nSPS) is 24.6. The molecule has 1 aliphatic carbocycles. The summed E-state index contributed by atoms with van der Waals surface area (Å²) in [6, 6.07) is -3.67. The van der Waals surface area contributed by atoms with Gasteiger partial charge < -0.3 is 26.6 Å². The van der Waals surface area contributed by atoms with Crippen LogP contribution in [0.2, 0.25) is 0 Å². The second-order valence-electron chi connectivity index (χ2n) is 11.5. The summed E-state index contributed by atoms with van der Waals surface area (Å²) in [5, 5.41) is 8.08. The molecule has 0 radical (unpaired) electrons. The van der Waals surface area contributed by atoms with Crippen LogP contribution in [0.25, 0.3) is 0 Å². The van der Waals surface area contributed by atoms with Crippen molar-refractivity contribution in [2.24, 2.45) is 23.0 Å². The van der Waals surface area contributed by atoms with Crippen molar-refractivity contribution in [3.63, 3.8) is 0 Å². The molecule has 198 valence electrons. The maximum absolute atomic E-state index is 13.7. The molecule has 0 spiro atoms. The molecule has 35 heavy (non-hydrogen) atoms. The number of carbonyl (C=O) groups excluding carboxylic acids is 5. The number of amides is 5. The highest BCUT2D eigenvalue weighted by atomic mass is 35.5. The number of primary amides is 1. The van der Waals surface area contributed by atoms with Crippen LogP contribution in [0.1, 0.15) is 61.3 Å². The van der Waals surface area contributed by atoms with Crippen LogP contribution in [-0.2, 0) is 19.2 Å². The maximum Gasteiger partial charge on any atom is 0.315 e. The van der Waals surface area contributed by atoms with E-state index in [4.69, 9.17) is 28.9 Å². The summed E-state index contributed by atoms with van der Waals surface area (Å²) in [5.74, 6) is -4.08. The zero-order chi connectivity index (χ0) is 27.1. The molecule has 1 saturated carbocycles. The van der Waals surface area contributed by atoms with E-state index in [1.54, 1.807) is 27.7 Å². The van der Waals surface area contributed by atoms with Gasteiger partial charge in [0.15, 0.2) is 0 Å². The minimum absolute atomic E-state index is 0.117. The third-order valence-corrected chi connectivity index (χ3v) is 7.28. The molecule has 1 saturated heterocycles. The first-order valence-corrected chi connectivity index (χ1v) is 12.5. The predicted octanol–water partition coefficient (Wildman–Crippen LogP) is 1.47. The first-order chi connectivity index (χ1) is 15.8. The highest BCUT2D eigenvalue weighted by Gasteiger charge is 2.74. The van der Waals surface area contributed by atoms with Crippen LogP contribution in [0, 0.1) is 17.3 Å². The Bertz CT molecular complexity index is 896. The minimum atomic E-state index is -1.19. The van der Waals surface area contributed by atoms with E-state index in [9.17, 15) is 24.0 Å². The molecule has 2 rings (SSSR count). The van der Waals surface area contributed by atoms with Crippen LogP contribution in [0.5, 0.6) is 0 Å². The second kappa shape index (κ2) is 10.1. The van der Waals surface area contributed by atoms with Gasteiger partial charge in [0.2, 0.25) is 17.6 Å². The first kappa shape index (κ1) is 29.2. The monoisotopic (exact) mass is 533 g/mol. The van der Waals surface area contributed by atoms with Gasteiger partial charge in [-0.15, -0.1) is 23.2 Å². The van der Waals surface area contributed by atoms with Crippen molar-refractivity contribution in [1.82, 2.24) is 20.9 Å². The Kier molecular flexibility index (Phi) is 8.44. The molecule has 0 bridgehead atoms. The molecule has 0 aromatic rings. The number of likely N-dealkylation sites (tertiary alicyclic amines) is 1. The van der Waals surface area contributed by atoms with Crippen molar-refractivity contribution in [3.8, 4) is 0 Å². The number of nitrogens with one attached hydrogen (secondary N) is 3. The second-order valence-corrected chi connectivity index (χ2v) is 12.9. The number of carbonyl (C=O) groups is 5. The number of alkyl halides is 2. The van der Waals surface area contributed by atoms with Gasteiger partial charge in [0, 0.05) is 23.9 Å². The van der Waals surface area contributed by atoms with Gasteiger partial charge in [-0.3, -0.25) is 19.2 Å². The highest BCUT2D eigenvalue weighted by molar-refractivity contribution is 6.51. The van der Waals surface area contributed by atoms with Crippen molar-refractivity contribution in [2.75, 3.05) is 6.54 Å². The lowest BCUT2D eigenvalue weighted by Crippen LogP contribution is -2.62. The number of piperidine rings is 1. The van der Waals surface area contributed by atoms with Crippen molar-refractivity contribution in [1.29, 1.82) is 0 Å². The summed E-state index contributed by atoms with van der Waals surface area (Å²) in [7, 11) is 0. The molecule has 10 nitrogen and oxygen atoms in total. The fourth-order valence-corrected chi connectivity index (χ4v) is 5.27. The van der Waals surface area contributed by atoms with Gasteiger partial charge in [-0.2, -0.15) is 0 Å². The summed E-state index contributed by atoms with van der Waals surface area (Å²) in [6.07, 6.45) is 0.714. The molecule has 0 aromatic carbocycles. The molecule has 1 heterocycles. The Morgan fingerprint density at radius 1 is 1.06 bits per heavy atom. The lowest BCUT2D eigenvalue weighted by molar-refractivity contribution is -0.144. The van der Waals surface area contributed by atoms with Crippen LogP contribution in [-0.4, -0.2) is 69.0 Å². The van der Waals surface area contributed by atoms with E-state index in [-0.39, 0.29) is 18.9 Å². The van der Waals surface area contributed by atoms with Crippen molar-refractivity contribution in [3.05, 3.63) is 0 Å². The Labute approximate surface area is 216 Å². The molecule has 5 atom stereocenters. The minimum Gasteiger partial charge on any atom is -0.363 e. The van der Waals surface area contributed by atoms with E-state index in [1.807, 2.05) is 20.8 Å². The van der Waals surface area contributed by atoms with E-state index in [1.165, 1.54) is 4.90 Å². The molecule has 2 fully saturated rings.